The Balaban J connectivity index is 1.73. The predicted octanol–water partition coefficient (Wildman–Crippen LogP) is 1.83. The van der Waals surface area contributed by atoms with Crippen molar-refractivity contribution >= 4 is 6.03 Å². The van der Waals surface area contributed by atoms with Gasteiger partial charge < -0.3 is 20.3 Å². The molecule has 2 aromatic rings. The van der Waals surface area contributed by atoms with E-state index in [1.807, 2.05) is 42.0 Å². The number of urea groups is 1. The average molecular weight is 302 g/mol. The van der Waals surface area contributed by atoms with E-state index in [-0.39, 0.29) is 12.1 Å². The summed E-state index contributed by atoms with van der Waals surface area (Å²) in [5.41, 5.74) is 2.05. The minimum atomic E-state index is -0.351. The van der Waals surface area contributed by atoms with Crippen molar-refractivity contribution in [1.82, 2.24) is 20.2 Å². The second kappa shape index (κ2) is 8.19. The average Bonchev–Trinajstić information content (AvgIpc) is 3.07. The molecule has 1 aromatic carbocycles. The number of amides is 2. The maximum Gasteiger partial charge on any atom is 0.315 e. The van der Waals surface area contributed by atoms with Crippen LogP contribution in [0.3, 0.4) is 0 Å². The first-order chi connectivity index (χ1) is 10.7. The van der Waals surface area contributed by atoms with Crippen LogP contribution in [0.4, 0.5) is 4.79 Å². The number of hydrogen-bond donors (Lipinski definition) is 3. The van der Waals surface area contributed by atoms with Gasteiger partial charge in [-0.1, -0.05) is 19.1 Å². The molecule has 118 valence electrons. The molecule has 0 aliphatic heterocycles. The van der Waals surface area contributed by atoms with Gasteiger partial charge in [-0.05, 0) is 30.5 Å². The van der Waals surface area contributed by atoms with E-state index in [1.165, 1.54) is 0 Å². The highest BCUT2D eigenvalue weighted by atomic mass is 16.3. The van der Waals surface area contributed by atoms with Gasteiger partial charge in [-0.25, -0.2) is 9.78 Å². The topological polar surface area (TPSA) is 79.2 Å². The lowest BCUT2D eigenvalue weighted by Crippen LogP contribution is -2.36. The summed E-state index contributed by atoms with van der Waals surface area (Å²) < 4.78 is 1.92. The van der Waals surface area contributed by atoms with Crippen LogP contribution in [0.25, 0.3) is 5.69 Å². The minimum absolute atomic E-state index is 0.220. The molecule has 2 amide bonds. The smallest absolute Gasteiger partial charge is 0.315 e. The maximum atomic E-state index is 11.6. The molecule has 0 radical (unpaired) electrons. The Morgan fingerprint density at radius 3 is 2.73 bits per heavy atom. The van der Waals surface area contributed by atoms with Gasteiger partial charge in [0, 0.05) is 31.2 Å². The molecule has 0 aliphatic carbocycles. The normalized spacial score (nSPS) is 11.9. The van der Waals surface area contributed by atoms with Gasteiger partial charge in [0.2, 0.25) is 0 Å². The SMILES string of the molecule is CCC(O)CCNC(=O)NCc1ccc(-n2ccnc2)cc1. The Morgan fingerprint density at radius 2 is 2.09 bits per heavy atom. The van der Waals surface area contributed by atoms with Gasteiger partial charge in [0.25, 0.3) is 0 Å². The molecule has 0 aliphatic rings. The van der Waals surface area contributed by atoms with Crippen molar-refractivity contribution in [3.8, 4) is 5.69 Å². The van der Waals surface area contributed by atoms with Crippen molar-refractivity contribution in [2.24, 2.45) is 0 Å². The van der Waals surface area contributed by atoms with Gasteiger partial charge in [-0.3, -0.25) is 0 Å². The number of hydrogen-bond acceptors (Lipinski definition) is 3. The van der Waals surface area contributed by atoms with E-state index in [0.717, 1.165) is 11.3 Å². The van der Waals surface area contributed by atoms with Crippen molar-refractivity contribution in [2.75, 3.05) is 6.54 Å². The number of nitrogens with zero attached hydrogens (tertiary/aromatic N) is 2. The molecular formula is C16H22N4O2. The van der Waals surface area contributed by atoms with Crippen molar-refractivity contribution < 1.29 is 9.90 Å². The molecule has 6 nitrogen and oxygen atoms in total. The van der Waals surface area contributed by atoms with Crippen molar-refractivity contribution in [1.29, 1.82) is 0 Å². The molecular weight excluding hydrogens is 280 g/mol. The number of aromatic nitrogens is 2. The molecule has 0 fully saturated rings. The molecule has 2 rings (SSSR count). The lowest BCUT2D eigenvalue weighted by Gasteiger charge is -2.10. The van der Waals surface area contributed by atoms with Crippen molar-refractivity contribution in [2.45, 2.75) is 32.4 Å². The Hall–Kier alpha value is -2.34. The van der Waals surface area contributed by atoms with Crippen LogP contribution in [0, 0.1) is 0 Å². The molecule has 1 heterocycles. The fraction of sp³-hybridized carbons (Fsp3) is 0.375. The number of benzene rings is 1. The van der Waals surface area contributed by atoms with Crippen LogP contribution in [0.2, 0.25) is 0 Å². The molecule has 1 unspecified atom stereocenters. The summed E-state index contributed by atoms with van der Waals surface area (Å²) in [7, 11) is 0. The largest absolute Gasteiger partial charge is 0.393 e. The fourth-order valence-corrected chi connectivity index (χ4v) is 2.00. The van der Waals surface area contributed by atoms with E-state index in [1.54, 1.807) is 12.5 Å². The van der Waals surface area contributed by atoms with Gasteiger partial charge in [-0.15, -0.1) is 0 Å². The van der Waals surface area contributed by atoms with E-state index >= 15 is 0 Å². The zero-order chi connectivity index (χ0) is 15.8. The summed E-state index contributed by atoms with van der Waals surface area (Å²) in [6.45, 7) is 2.85. The van der Waals surface area contributed by atoms with Gasteiger partial charge in [0.05, 0.1) is 12.4 Å². The van der Waals surface area contributed by atoms with Gasteiger partial charge in [0.15, 0.2) is 0 Å². The van der Waals surface area contributed by atoms with Crippen LogP contribution in [0.5, 0.6) is 0 Å². The van der Waals surface area contributed by atoms with Crippen LogP contribution in [0.15, 0.2) is 43.0 Å². The van der Waals surface area contributed by atoms with Crippen LogP contribution in [-0.2, 0) is 6.54 Å². The molecule has 6 heteroatoms. The van der Waals surface area contributed by atoms with E-state index in [4.69, 9.17) is 0 Å². The Bertz CT molecular complexity index is 566. The number of imidazole rings is 1. The number of carbonyl (C=O) groups is 1. The fourth-order valence-electron chi connectivity index (χ4n) is 2.00. The molecule has 3 N–H and O–H groups in total. The summed E-state index contributed by atoms with van der Waals surface area (Å²) in [6.07, 6.45) is 6.28. The zero-order valence-electron chi connectivity index (χ0n) is 12.7. The quantitative estimate of drug-likeness (QED) is 0.730. The van der Waals surface area contributed by atoms with E-state index in [0.29, 0.717) is 25.9 Å². The number of nitrogens with one attached hydrogen (secondary N) is 2. The standard InChI is InChI=1S/C16H22N4O2/c1-2-15(21)7-8-18-16(22)19-11-13-3-5-14(6-4-13)20-10-9-17-12-20/h3-6,9-10,12,15,21H,2,7-8,11H2,1H3,(H2,18,19,22). The monoisotopic (exact) mass is 302 g/mol. The predicted molar refractivity (Wildman–Crippen MR) is 84.7 cm³/mol. The first-order valence-electron chi connectivity index (χ1n) is 7.46. The second-order valence-corrected chi connectivity index (χ2v) is 5.10. The maximum absolute atomic E-state index is 11.6. The third-order valence-corrected chi connectivity index (χ3v) is 3.43. The summed E-state index contributed by atoms with van der Waals surface area (Å²) in [6, 6.07) is 7.68. The highest BCUT2D eigenvalue weighted by Crippen LogP contribution is 2.09. The summed E-state index contributed by atoms with van der Waals surface area (Å²) >= 11 is 0. The second-order valence-electron chi connectivity index (χ2n) is 5.10. The minimum Gasteiger partial charge on any atom is -0.393 e. The zero-order valence-corrected chi connectivity index (χ0v) is 12.7. The first-order valence-corrected chi connectivity index (χ1v) is 7.46. The van der Waals surface area contributed by atoms with E-state index in [9.17, 15) is 9.90 Å². The lowest BCUT2D eigenvalue weighted by molar-refractivity contribution is 0.160. The van der Waals surface area contributed by atoms with Crippen molar-refractivity contribution in [3.05, 3.63) is 48.5 Å². The summed E-state index contributed by atoms with van der Waals surface area (Å²) in [5, 5.41) is 14.9. The first kappa shape index (κ1) is 16.0. The summed E-state index contributed by atoms with van der Waals surface area (Å²) in [5.74, 6) is 0. The number of rotatable bonds is 7. The molecule has 1 atom stereocenters. The highest BCUT2D eigenvalue weighted by Gasteiger charge is 2.03. The molecule has 0 saturated heterocycles. The number of carbonyl (C=O) groups excluding carboxylic acids is 1. The Labute approximate surface area is 130 Å². The number of aliphatic hydroxyl groups is 1. The van der Waals surface area contributed by atoms with Crippen LogP contribution >= 0.6 is 0 Å². The van der Waals surface area contributed by atoms with Gasteiger partial charge in [-0.2, -0.15) is 0 Å². The van der Waals surface area contributed by atoms with Crippen molar-refractivity contribution in [3.63, 3.8) is 0 Å². The Kier molecular flexibility index (Phi) is 5.97. The Morgan fingerprint density at radius 1 is 1.32 bits per heavy atom. The van der Waals surface area contributed by atoms with E-state index in [2.05, 4.69) is 15.6 Å². The summed E-state index contributed by atoms with van der Waals surface area (Å²) in [4.78, 5) is 15.6. The molecule has 0 spiro atoms. The van der Waals surface area contributed by atoms with Gasteiger partial charge in [0.1, 0.15) is 0 Å². The van der Waals surface area contributed by atoms with Crippen LogP contribution in [-0.4, -0.2) is 33.3 Å². The molecule has 0 saturated carbocycles. The third kappa shape index (κ3) is 4.89. The molecule has 1 aromatic heterocycles. The molecule has 0 bridgehead atoms. The van der Waals surface area contributed by atoms with Crippen LogP contribution in [0.1, 0.15) is 25.3 Å². The number of aliphatic hydroxyl groups excluding tert-OH is 1. The highest BCUT2D eigenvalue weighted by molar-refractivity contribution is 5.73. The molecule has 22 heavy (non-hydrogen) atoms. The third-order valence-electron chi connectivity index (χ3n) is 3.43. The van der Waals surface area contributed by atoms with Crippen LogP contribution < -0.4 is 10.6 Å². The van der Waals surface area contributed by atoms with E-state index < -0.39 is 0 Å². The van der Waals surface area contributed by atoms with Gasteiger partial charge >= 0.3 is 6.03 Å². The lowest BCUT2D eigenvalue weighted by atomic mass is 10.2.